The maximum atomic E-state index is 5.45. The number of hydrogen-bond donors (Lipinski definition) is 1. The first-order valence-electron chi connectivity index (χ1n) is 7.65. The van der Waals surface area contributed by atoms with Crippen molar-refractivity contribution in [2.24, 2.45) is 5.92 Å². The van der Waals surface area contributed by atoms with Crippen molar-refractivity contribution in [1.29, 1.82) is 0 Å². The quantitative estimate of drug-likeness (QED) is 0.783. The van der Waals surface area contributed by atoms with Gasteiger partial charge in [0.25, 0.3) is 0 Å². The van der Waals surface area contributed by atoms with Gasteiger partial charge in [-0.3, -0.25) is 0 Å². The fraction of sp³-hybridized carbons (Fsp3) is 0.647. The maximum absolute atomic E-state index is 5.45. The molecule has 0 aromatic heterocycles. The van der Waals surface area contributed by atoms with Crippen LogP contribution in [0, 0.1) is 12.8 Å². The van der Waals surface area contributed by atoms with E-state index in [0.717, 1.165) is 30.4 Å². The summed E-state index contributed by atoms with van der Waals surface area (Å²) < 4.78 is 10.8. The maximum Gasteiger partial charge on any atom is 0.161 e. The summed E-state index contributed by atoms with van der Waals surface area (Å²) in [5.41, 5.74) is 2.62. The molecule has 1 atom stereocenters. The molecule has 0 amide bonds. The normalized spacial score (nSPS) is 16.0. The summed E-state index contributed by atoms with van der Waals surface area (Å²) in [6.45, 7) is 5.43. The van der Waals surface area contributed by atoms with Gasteiger partial charge in [-0.25, -0.2) is 0 Å². The van der Waals surface area contributed by atoms with Crippen LogP contribution >= 0.6 is 0 Å². The molecule has 2 rings (SSSR count). The van der Waals surface area contributed by atoms with Crippen molar-refractivity contribution in [1.82, 2.24) is 5.32 Å². The lowest BCUT2D eigenvalue weighted by Gasteiger charge is -2.22. The fourth-order valence-electron chi connectivity index (χ4n) is 2.70. The topological polar surface area (TPSA) is 30.5 Å². The highest BCUT2D eigenvalue weighted by Crippen LogP contribution is 2.40. The van der Waals surface area contributed by atoms with E-state index in [4.69, 9.17) is 9.47 Å². The Labute approximate surface area is 122 Å². The van der Waals surface area contributed by atoms with E-state index >= 15 is 0 Å². The van der Waals surface area contributed by atoms with Crippen molar-refractivity contribution in [2.45, 2.75) is 45.6 Å². The predicted octanol–water partition coefficient (Wildman–Crippen LogP) is 3.85. The van der Waals surface area contributed by atoms with E-state index in [-0.39, 0.29) is 0 Å². The standard InChI is InChI=1S/C17H27NO2/c1-5-8-18-15(10-13-6-7-13)14-11-17(20-4)16(19-3)9-12(14)2/h9,11,13,15,18H,5-8,10H2,1-4H3. The molecule has 1 fully saturated rings. The van der Waals surface area contributed by atoms with Gasteiger partial charge in [0.15, 0.2) is 11.5 Å². The summed E-state index contributed by atoms with van der Waals surface area (Å²) >= 11 is 0. The van der Waals surface area contributed by atoms with E-state index in [0.29, 0.717) is 6.04 Å². The lowest BCUT2D eigenvalue weighted by molar-refractivity contribution is 0.353. The highest BCUT2D eigenvalue weighted by atomic mass is 16.5. The van der Waals surface area contributed by atoms with Gasteiger partial charge in [-0.05, 0) is 55.5 Å². The van der Waals surface area contributed by atoms with Crippen LogP contribution in [0.1, 0.15) is 49.8 Å². The van der Waals surface area contributed by atoms with Crippen LogP contribution in [0.3, 0.4) is 0 Å². The molecule has 1 saturated carbocycles. The van der Waals surface area contributed by atoms with E-state index in [2.05, 4.69) is 31.3 Å². The zero-order valence-corrected chi connectivity index (χ0v) is 13.2. The van der Waals surface area contributed by atoms with E-state index in [1.54, 1.807) is 14.2 Å². The molecule has 0 radical (unpaired) electrons. The minimum Gasteiger partial charge on any atom is -0.493 e. The van der Waals surface area contributed by atoms with Gasteiger partial charge >= 0.3 is 0 Å². The van der Waals surface area contributed by atoms with Crippen molar-refractivity contribution in [3.05, 3.63) is 23.3 Å². The Hall–Kier alpha value is -1.22. The first kappa shape index (κ1) is 15.2. The Morgan fingerprint density at radius 1 is 1.20 bits per heavy atom. The van der Waals surface area contributed by atoms with Gasteiger partial charge in [-0.2, -0.15) is 0 Å². The third-order valence-electron chi connectivity index (χ3n) is 4.05. The Morgan fingerprint density at radius 3 is 2.40 bits per heavy atom. The van der Waals surface area contributed by atoms with Crippen LogP contribution in [0.5, 0.6) is 11.5 Å². The second kappa shape index (κ2) is 6.98. The number of aryl methyl sites for hydroxylation is 1. The van der Waals surface area contributed by atoms with Crippen molar-refractivity contribution in [3.63, 3.8) is 0 Å². The number of nitrogens with one attached hydrogen (secondary N) is 1. The summed E-state index contributed by atoms with van der Waals surface area (Å²) in [4.78, 5) is 0. The van der Waals surface area contributed by atoms with Gasteiger partial charge in [0.1, 0.15) is 0 Å². The summed E-state index contributed by atoms with van der Waals surface area (Å²) in [6.07, 6.45) is 5.16. The van der Waals surface area contributed by atoms with Crippen molar-refractivity contribution >= 4 is 0 Å². The molecule has 3 heteroatoms. The van der Waals surface area contributed by atoms with E-state index in [1.807, 2.05) is 0 Å². The molecular weight excluding hydrogens is 250 g/mol. The van der Waals surface area contributed by atoms with Crippen molar-refractivity contribution < 1.29 is 9.47 Å². The number of rotatable bonds is 8. The van der Waals surface area contributed by atoms with Crippen LogP contribution in [0.2, 0.25) is 0 Å². The van der Waals surface area contributed by atoms with Crippen molar-refractivity contribution in [3.8, 4) is 11.5 Å². The lowest BCUT2D eigenvalue weighted by Crippen LogP contribution is -2.23. The molecule has 112 valence electrons. The number of benzene rings is 1. The second-order valence-electron chi connectivity index (χ2n) is 5.75. The van der Waals surface area contributed by atoms with Crippen LogP contribution in [0.15, 0.2) is 12.1 Å². The molecule has 1 aliphatic carbocycles. The van der Waals surface area contributed by atoms with E-state index < -0.39 is 0 Å². The summed E-state index contributed by atoms with van der Waals surface area (Å²) in [6, 6.07) is 4.66. The monoisotopic (exact) mass is 277 g/mol. The second-order valence-corrected chi connectivity index (χ2v) is 5.75. The number of ether oxygens (including phenoxy) is 2. The molecule has 1 unspecified atom stereocenters. The highest BCUT2D eigenvalue weighted by molar-refractivity contribution is 5.48. The average Bonchev–Trinajstić information content (AvgIpc) is 3.27. The Bertz CT molecular complexity index is 441. The van der Waals surface area contributed by atoms with Crippen molar-refractivity contribution in [2.75, 3.05) is 20.8 Å². The van der Waals surface area contributed by atoms with Crippen LogP contribution < -0.4 is 14.8 Å². The number of methoxy groups -OCH3 is 2. The molecule has 1 aromatic carbocycles. The van der Waals surface area contributed by atoms with Gasteiger partial charge < -0.3 is 14.8 Å². The SMILES string of the molecule is CCCNC(CC1CC1)c1cc(OC)c(OC)cc1C. The Balaban J connectivity index is 2.25. The van der Waals surface area contributed by atoms with Gasteiger partial charge in [0.05, 0.1) is 14.2 Å². The van der Waals surface area contributed by atoms with Crippen LogP contribution in [-0.2, 0) is 0 Å². The molecule has 3 nitrogen and oxygen atoms in total. The molecule has 0 bridgehead atoms. The highest BCUT2D eigenvalue weighted by Gasteiger charge is 2.27. The molecule has 0 spiro atoms. The average molecular weight is 277 g/mol. The van der Waals surface area contributed by atoms with Gasteiger partial charge in [0.2, 0.25) is 0 Å². The van der Waals surface area contributed by atoms with Crippen LogP contribution in [0.25, 0.3) is 0 Å². The Kier molecular flexibility index (Phi) is 5.30. The minimum absolute atomic E-state index is 0.433. The van der Waals surface area contributed by atoms with Gasteiger partial charge in [-0.15, -0.1) is 0 Å². The number of hydrogen-bond acceptors (Lipinski definition) is 3. The molecule has 1 N–H and O–H groups in total. The zero-order valence-electron chi connectivity index (χ0n) is 13.2. The van der Waals surface area contributed by atoms with Gasteiger partial charge in [-0.1, -0.05) is 19.8 Å². The lowest BCUT2D eigenvalue weighted by atomic mass is 9.96. The Morgan fingerprint density at radius 2 is 1.85 bits per heavy atom. The first-order valence-corrected chi connectivity index (χ1v) is 7.65. The van der Waals surface area contributed by atoms with Crippen LogP contribution in [0.4, 0.5) is 0 Å². The molecule has 1 aromatic rings. The smallest absolute Gasteiger partial charge is 0.161 e. The molecule has 20 heavy (non-hydrogen) atoms. The van der Waals surface area contributed by atoms with Gasteiger partial charge in [0, 0.05) is 6.04 Å². The molecule has 0 saturated heterocycles. The first-order chi connectivity index (χ1) is 9.69. The third-order valence-corrected chi connectivity index (χ3v) is 4.05. The van der Waals surface area contributed by atoms with Crippen LogP contribution in [-0.4, -0.2) is 20.8 Å². The predicted molar refractivity (Wildman–Crippen MR) is 82.7 cm³/mol. The van der Waals surface area contributed by atoms with E-state index in [9.17, 15) is 0 Å². The molecule has 0 heterocycles. The largest absolute Gasteiger partial charge is 0.493 e. The fourth-order valence-corrected chi connectivity index (χ4v) is 2.70. The molecule has 1 aliphatic rings. The zero-order chi connectivity index (χ0) is 14.5. The summed E-state index contributed by atoms with van der Waals surface area (Å²) in [5.74, 6) is 2.54. The molecule has 0 aliphatic heterocycles. The molecular formula is C17H27NO2. The third kappa shape index (κ3) is 3.66. The summed E-state index contributed by atoms with van der Waals surface area (Å²) in [5, 5.41) is 3.69. The van der Waals surface area contributed by atoms with E-state index in [1.165, 1.54) is 30.4 Å². The minimum atomic E-state index is 0.433. The summed E-state index contributed by atoms with van der Waals surface area (Å²) in [7, 11) is 3.39.